The van der Waals surface area contributed by atoms with Crippen molar-refractivity contribution in [3.8, 4) is 0 Å². The fraction of sp³-hybridized carbons (Fsp3) is 0.818. The molecule has 0 rings (SSSR count). The minimum absolute atomic E-state index is 0.0438. The van der Waals surface area contributed by atoms with Crippen molar-refractivity contribution in [3.63, 3.8) is 0 Å². The molecule has 0 aliphatic carbocycles. The van der Waals surface area contributed by atoms with Gasteiger partial charge in [0, 0.05) is 6.61 Å². The number of hydrogen-bond donors (Lipinski definition) is 0. The molecule has 0 amide bonds. The Morgan fingerprint density at radius 2 is 2.07 bits per heavy atom. The molecule has 0 aromatic heterocycles. The number of unbranched alkanes of at least 4 members (excludes halogenated alkanes) is 1. The van der Waals surface area contributed by atoms with Crippen LogP contribution < -0.4 is 0 Å². The van der Waals surface area contributed by atoms with Crippen LogP contribution in [0.5, 0.6) is 0 Å². The second-order valence-electron chi connectivity index (χ2n) is 3.42. The second-order valence-corrected chi connectivity index (χ2v) is 4.30. The van der Waals surface area contributed by atoms with Crippen molar-refractivity contribution in [3.05, 3.63) is 11.6 Å². The monoisotopic (exact) mass is 312 g/mol. The number of ether oxygens (including phenoxy) is 2. The molecule has 14 heavy (non-hydrogen) atoms. The molecule has 0 heterocycles. The SMILES string of the molecule is CCCCOC(CI)OCC=C(C)C. The highest BCUT2D eigenvalue weighted by molar-refractivity contribution is 14.1. The summed E-state index contributed by atoms with van der Waals surface area (Å²) >= 11 is 2.29. The topological polar surface area (TPSA) is 18.5 Å². The third-order valence-corrected chi connectivity index (χ3v) is 2.42. The third kappa shape index (κ3) is 8.97. The molecule has 0 aliphatic heterocycles. The zero-order chi connectivity index (χ0) is 10.8. The summed E-state index contributed by atoms with van der Waals surface area (Å²) < 4.78 is 12.0. The summed E-state index contributed by atoms with van der Waals surface area (Å²) in [6, 6.07) is 0. The van der Waals surface area contributed by atoms with Crippen molar-refractivity contribution >= 4 is 22.6 Å². The molecule has 0 spiro atoms. The van der Waals surface area contributed by atoms with Crippen molar-refractivity contribution < 1.29 is 9.47 Å². The first-order valence-electron chi connectivity index (χ1n) is 5.13. The summed E-state index contributed by atoms with van der Waals surface area (Å²) in [6.45, 7) is 7.76. The Morgan fingerprint density at radius 3 is 2.57 bits per heavy atom. The summed E-state index contributed by atoms with van der Waals surface area (Å²) in [5.74, 6) is 0. The second kappa shape index (κ2) is 9.93. The fourth-order valence-electron chi connectivity index (χ4n) is 0.818. The molecular weight excluding hydrogens is 291 g/mol. The summed E-state index contributed by atoms with van der Waals surface area (Å²) in [5, 5.41) is 0. The van der Waals surface area contributed by atoms with Gasteiger partial charge in [-0.1, -0.05) is 47.6 Å². The molecule has 0 aromatic carbocycles. The standard InChI is InChI=1S/C11H21IO2/c1-4-5-7-13-11(9-12)14-8-6-10(2)3/h6,11H,4-5,7-9H2,1-3H3. The lowest BCUT2D eigenvalue weighted by molar-refractivity contribution is -0.118. The van der Waals surface area contributed by atoms with Crippen LogP contribution in [0.15, 0.2) is 11.6 Å². The van der Waals surface area contributed by atoms with Gasteiger partial charge >= 0.3 is 0 Å². The van der Waals surface area contributed by atoms with Gasteiger partial charge in [-0.3, -0.25) is 0 Å². The van der Waals surface area contributed by atoms with Crippen molar-refractivity contribution in [2.75, 3.05) is 17.6 Å². The summed E-state index contributed by atoms with van der Waals surface area (Å²) in [4.78, 5) is 0. The average Bonchev–Trinajstić information content (AvgIpc) is 2.15. The number of allylic oxidation sites excluding steroid dienone is 1. The van der Waals surface area contributed by atoms with Crippen molar-refractivity contribution in [1.29, 1.82) is 0 Å². The average molecular weight is 312 g/mol. The van der Waals surface area contributed by atoms with Crippen molar-refractivity contribution in [2.45, 2.75) is 39.9 Å². The Labute approximate surface area is 101 Å². The van der Waals surface area contributed by atoms with Gasteiger partial charge in [0.2, 0.25) is 0 Å². The highest BCUT2D eigenvalue weighted by atomic mass is 127. The van der Waals surface area contributed by atoms with E-state index in [1.54, 1.807) is 0 Å². The van der Waals surface area contributed by atoms with E-state index in [0.717, 1.165) is 17.5 Å². The molecule has 84 valence electrons. The first-order valence-corrected chi connectivity index (χ1v) is 6.65. The lowest BCUT2D eigenvalue weighted by atomic mass is 10.3. The lowest BCUT2D eigenvalue weighted by Gasteiger charge is -2.15. The molecule has 3 heteroatoms. The zero-order valence-electron chi connectivity index (χ0n) is 9.38. The van der Waals surface area contributed by atoms with E-state index in [4.69, 9.17) is 9.47 Å². The van der Waals surface area contributed by atoms with E-state index in [2.05, 4.69) is 49.4 Å². The molecular formula is C11H21IO2. The maximum absolute atomic E-state index is 5.55. The van der Waals surface area contributed by atoms with E-state index in [-0.39, 0.29) is 6.29 Å². The summed E-state index contributed by atoms with van der Waals surface area (Å²) in [7, 11) is 0. The van der Waals surface area contributed by atoms with Crippen LogP contribution in [-0.2, 0) is 9.47 Å². The largest absolute Gasteiger partial charge is 0.352 e. The van der Waals surface area contributed by atoms with Gasteiger partial charge in [-0.05, 0) is 20.3 Å². The van der Waals surface area contributed by atoms with Crippen LogP contribution in [0.1, 0.15) is 33.6 Å². The van der Waals surface area contributed by atoms with Crippen LogP contribution in [0, 0.1) is 0 Å². The molecule has 1 unspecified atom stereocenters. The Balaban J connectivity index is 3.52. The number of halogens is 1. The number of alkyl halides is 1. The lowest BCUT2D eigenvalue weighted by Crippen LogP contribution is -2.19. The minimum atomic E-state index is -0.0438. The predicted molar refractivity (Wildman–Crippen MR) is 68.9 cm³/mol. The van der Waals surface area contributed by atoms with Crippen LogP contribution in [0.3, 0.4) is 0 Å². The smallest absolute Gasteiger partial charge is 0.166 e. The minimum Gasteiger partial charge on any atom is -0.352 e. The van der Waals surface area contributed by atoms with Gasteiger partial charge in [0.05, 0.1) is 11.0 Å². The normalized spacial score (nSPS) is 12.6. The highest BCUT2D eigenvalue weighted by Crippen LogP contribution is 2.03. The van der Waals surface area contributed by atoms with Crippen LogP contribution in [0.2, 0.25) is 0 Å². The first kappa shape index (κ1) is 14.4. The van der Waals surface area contributed by atoms with Gasteiger partial charge in [-0.2, -0.15) is 0 Å². The highest BCUT2D eigenvalue weighted by Gasteiger charge is 2.05. The maximum Gasteiger partial charge on any atom is 0.166 e. The van der Waals surface area contributed by atoms with Crippen LogP contribution in [0.4, 0.5) is 0 Å². The zero-order valence-corrected chi connectivity index (χ0v) is 11.5. The molecule has 2 nitrogen and oxygen atoms in total. The van der Waals surface area contributed by atoms with Crippen LogP contribution in [-0.4, -0.2) is 23.9 Å². The summed E-state index contributed by atoms with van der Waals surface area (Å²) in [5.41, 5.74) is 1.28. The van der Waals surface area contributed by atoms with Gasteiger partial charge in [0.15, 0.2) is 6.29 Å². The molecule has 1 atom stereocenters. The Bertz CT molecular complexity index is 153. The van der Waals surface area contributed by atoms with E-state index < -0.39 is 0 Å². The van der Waals surface area contributed by atoms with Gasteiger partial charge in [-0.25, -0.2) is 0 Å². The molecule has 0 fully saturated rings. The van der Waals surface area contributed by atoms with E-state index in [0.29, 0.717) is 6.61 Å². The number of rotatable bonds is 8. The Hall–Kier alpha value is 0.390. The van der Waals surface area contributed by atoms with Gasteiger partial charge < -0.3 is 9.47 Å². The Kier molecular flexibility index (Phi) is 10.2. The number of hydrogen-bond acceptors (Lipinski definition) is 2. The fourth-order valence-corrected chi connectivity index (χ4v) is 1.33. The quantitative estimate of drug-likeness (QED) is 0.224. The van der Waals surface area contributed by atoms with Crippen LogP contribution in [0.25, 0.3) is 0 Å². The van der Waals surface area contributed by atoms with Crippen molar-refractivity contribution in [2.24, 2.45) is 0 Å². The van der Waals surface area contributed by atoms with Crippen LogP contribution >= 0.6 is 22.6 Å². The Morgan fingerprint density at radius 1 is 1.36 bits per heavy atom. The van der Waals surface area contributed by atoms with E-state index in [9.17, 15) is 0 Å². The third-order valence-electron chi connectivity index (χ3n) is 1.70. The van der Waals surface area contributed by atoms with E-state index >= 15 is 0 Å². The van der Waals surface area contributed by atoms with E-state index in [1.807, 2.05) is 0 Å². The molecule has 0 saturated heterocycles. The molecule has 0 aromatic rings. The van der Waals surface area contributed by atoms with Crippen molar-refractivity contribution in [1.82, 2.24) is 0 Å². The molecule has 0 bridgehead atoms. The van der Waals surface area contributed by atoms with Gasteiger partial charge in [0.1, 0.15) is 0 Å². The van der Waals surface area contributed by atoms with E-state index in [1.165, 1.54) is 12.0 Å². The predicted octanol–water partition coefficient (Wildman–Crippen LogP) is 3.55. The molecule has 0 radical (unpaired) electrons. The molecule has 0 N–H and O–H groups in total. The first-order chi connectivity index (χ1) is 6.70. The molecule has 0 aliphatic rings. The van der Waals surface area contributed by atoms with Gasteiger partial charge in [0.25, 0.3) is 0 Å². The molecule has 0 saturated carbocycles. The maximum atomic E-state index is 5.55. The van der Waals surface area contributed by atoms with Gasteiger partial charge in [-0.15, -0.1) is 0 Å². The summed E-state index contributed by atoms with van der Waals surface area (Å²) in [6.07, 6.45) is 4.31.